The van der Waals surface area contributed by atoms with Crippen molar-refractivity contribution < 1.29 is 172 Å². The fourth-order valence-corrected chi connectivity index (χ4v) is 15.2. The van der Waals surface area contributed by atoms with Crippen LogP contribution in [0.2, 0.25) is 0 Å². The minimum absolute atomic E-state index is 0.00912. The molecule has 0 spiro atoms. The molecule has 15 N–H and O–H groups in total. The number of ether oxygens (including phenoxy) is 10. The van der Waals surface area contributed by atoms with Gasteiger partial charge < -0.3 is 124 Å². The van der Waals surface area contributed by atoms with E-state index in [1.165, 1.54) is 175 Å². The molecule has 5 aromatic carbocycles. The highest BCUT2D eigenvalue weighted by atomic mass is 16.6. The summed E-state index contributed by atoms with van der Waals surface area (Å²) in [4.78, 5) is 123. The number of benzene rings is 5. The Morgan fingerprint density at radius 3 is 0.664 bits per heavy atom. The lowest BCUT2D eigenvalue weighted by Gasteiger charge is -2.20. The van der Waals surface area contributed by atoms with Gasteiger partial charge in [-0.1, -0.05) is 112 Å². The molecule has 5 aliphatic heterocycles. The van der Waals surface area contributed by atoms with E-state index in [2.05, 4.69) is 0 Å². The van der Waals surface area contributed by atoms with Gasteiger partial charge in [0.1, 0.15) is 146 Å². The summed E-state index contributed by atoms with van der Waals surface area (Å²) >= 11 is 0. The Bertz CT molecular complexity index is 4950. The molecule has 2 saturated carbocycles. The van der Waals surface area contributed by atoms with E-state index in [0.717, 1.165) is 25.7 Å². The fraction of sp³-hybridized carbons (Fsp3) is 0.412. The van der Waals surface area contributed by atoms with Crippen molar-refractivity contribution in [3.63, 3.8) is 0 Å². The maximum Gasteiger partial charge on any atom is 0.342 e. The third kappa shape index (κ3) is 30.9. The molecule has 2 aliphatic carbocycles. The van der Waals surface area contributed by atoms with Crippen LogP contribution in [0.1, 0.15) is 210 Å². The summed E-state index contributed by atoms with van der Waals surface area (Å²) < 4.78 is 53.3. The van der Waals surface area contributed by atoms with Gasteiger partial charge in [0.25, 0.3) is 0 Å². The maximum absolute atomic E-state index is 12.8. The van der Waals surface area contributed by atoms with Crippen LogP contribution in [0.4, 0.5) is 0 Å². The van der Waals surface area contributed by atoms with E-state index in [0.29, 0.717) is 88.7 Å². The van der Waals surface area contributed by atoms with E-state index in [-0.39, 0.29) is 120 Å². The second-order valence-electron chi connectivity index (χ2n) is 32.8. The molecule has 2 unspecified atom stereocenters. The summed E-state index contributed by atoms with van der Waals surface area (Å²) in [5.41, 5.74) is 1.71. The van der Waals surface area contributed by atoms with E-state index in [9.17, 15) is 125 Å². The zero-order chi connectivity index (χ0) is 100. The van der Waals surface area contributed by atoms with Gasteiger partial charge in [-0.25, -0.2) is 24.0 Å². The molecular formula is C102H120O35. The van der Waals surface area contributed by atoms with Gasteiger partial charge in [-0.05, 0) is 178 Å². The number of aliphatic hydroxyl groups is 10. The molecule has 0 aromatic heterocycles. The van der Waals surface area contributed by atoms with Crippen LogP contribution in [0.15, 0.2) is 152 Å². The highest BCUT2D eigenvalue weighted by molar-refractivity contribution is 6.02. The van der Waals surface area contributed by atoms with Crippen molar-refractivity contribution >= 4 is 89.1 Å². The summed E-state index contributed by atoms with van der Waals surface area (Å²) in [6.45, 7) is 5.47. The Labute approximate surface area is 791 Å². The van der Waals surface area contributed by atoms with Crippen LogP contribution >= 0.6 is 0 Å². The lowest BCUT2D eigenvalue weighted by atomic mass is 9.99. The Hall–Kier alpha value is -13.2. The molecule has 35 nitrogen and oxygen atoms in total. The van der Waals surface area contributed by atoms with Crippen molar-refractivity contribution in [1.29, 1.82) is 0 Å². The SMILES string of the molecule is CC[C@H]1C/C=C\C(=O)[C@@H](O)[C@@H](O)C/C=C/c2cc(OC)cc(O)c2C(=O)O1.CC[C@H]1C/C=C\C(=O)[C@H](O)[C@H](O)C/C=C/c2cc(OC)cc(O)c2C(=O)O1.CC[C@H]1C/C=C\C(=O)[C@H](O)[C@H](O)C/C=C/c2cc(OC)cc(O)c2C(=O)O1.COc1cc(O)c2c(c1)/C=C/C[C@@H](O)[C@@H](O)C(=O)/C=C\[C@H]1CCCC1OC2=O.COc1cc(O)c2c(c1)/C=C/C[C@H](O)[C@H](O)C(=O)/C=C\[C@H]1CCCC1OC2=O. The predicted molar refractivity (Wildman–Crippen MR) is 498 cm³/mol. The molecule has 0 saturated heterocycles. The molecule has 5 heterocycles. The third-order valence-electron chi connectivity index (χ3n) is 23.2. The third-order valence-corrected chi connectivity index (χ3v) is 23.2. The first-order chi connectivity index (χ1) is 65.4. The van der Waals surface area contributed by atoms with Gasteiger partial charge in [-0.15, -0.1) is 0 Å². The van der Waals surface area contributed by atoms with Gasteiger partial charge in [-0.3, -0.25) is 24.0 Å². The monoisotopic (exact) mass is 1900 g/mol. The number of phenolic OH excluding ortho intramolecular Hbond substituents is 5. The lowest BCUT2D eigenvalue weighted by Crippen LogP contribution is -2.32. The fourth-order valence-electron chi connectivity index (χ4n) is 15.2. The predicted octanol–water partition coefficient (Wildman–Crippen LogP) is 9.95. The van der Waals surface area contributed by atoms with Crippen molar-refractivity contribution in [1.82, 2.24) is 0 Å². The van der Waals surface area contributed by atoms with Crippen molar-refractivity contribution in [2.24, 2.45) is 11.8 Å². The maximum atomic E-state index is 12.8. The van der Waals surface area contributed by atoms with Gasteiger partial charge in [-0.2, -0.15) is 0 Å². The molecule has 738 valence electrons. The number of methoxy groups -OCH3 is 5. The zero-order valence-electron chi connectivity index (χ0n) is 77.0. The van der Waals surface area contributed by atoms with Crippen LogP contribution in [0.3, 0.4) is 0 Å². The normalized spacial score (nSPS) is 28.1. The van der Waals surface area contributed by atoms with Crippen LogP contribution < -0.4 is 23.7 Å². The molecule has 137 heavy (non-hydrogen) atoms. The highest BCUT2D eigenvalue weighted by Crippen LogP contribution is 2.40. The zero-order valence-corrected chi connectivity index (χ0v) is 77.0. The average molecular weight is 1910 g/mol. The van der Waals surface area contributed by atoms with Gasteiger partial charge >= 0.3 is 29.8 Å². The summed E-state index contributed by atoms with van der Waals surface area (Å²) in [6, 6.07) is 14.4. The van der Waals surface area contributed by atoms with Crippen molar-refractivity contribution in [2.45, 2.75) is 221 Å². The van der Waals surface area contributed by atoms with E-state index in [1.54, 1.807) is 42.5 Å². The molecule has 0 radical (unpaired) electrons. The standard InChI is InChI=1S/2C21H24O7.3C20H24O7/c2*1-27-14-10-13-5-2-6-15(22)20(25)16(23)9-8-12-4-3-7-18(12)28-21(26)19(13)17(24)11-14;3*1-3-13-7-5-9-16(22)19(24)15(21)8-4-6-12-10-14(26-2)11-17(23)18(12)20(25)27-13/h2*2,5,8-12,15,18,20,22,24-25H,3-4,6-7H2,1H3;3*4-6,9-11,13,15,19,21,23-24H,3,7-8H2,1-2H3/b2*5-2+,9-8-;3*6-4+,9-5-/t12-,15+,18?,20+;12-,15-,18?,20-;2*13-,15+,19+;13-,15-,19-/m11000/s1. The first-order valence-corrected chi connectivity index (χ1v) is 44.7. The van der Waals surface area contributed by atoms with Crippen molar-refractivity contribution in [3.05, 3.63) is 207 Å². The summed E-state index contributed by atoms with van der Waals surface area (Å²) in [7, 11) is 7.16. The number of carbonyl (C=O) groups is 10. The second kappa shape index (κ2) is 53.3. The number of ketones is 5. The van der Waals surface area contributed by atoms with Crippen molar-refractivity contribution in [2.75, 3.05) is 35.5 Å². The number of aromatic hydroxyl groups is 5. The van der Waals surface area contributed by atoms with Gasteiger partial charge in [0.05, 0.1) is 66.1 Å². The summed E-state index contributed by atoms with van der Waals surface area (Å²) in [5.74, 6) is -6.41. The minimum atomic E-state index is -1.55. The van der Waals surface area contributed by atoms with E-state index in [1.807, 2.05) is 20.8 Å². The number of cyclic esters (lactones) is 3. The molecule has 5 aromatic rings. The smallest absolute Gasteiger partial charge is 0.342 e. The van der Waals surface area contributed by atoms with Gasteiger partial charge in [0.2, 0.25) is 0 Å². The molecule has 0 bridgehead atoms. The molecule has 35 heteroatoms. The van der Waals surface area contributed by atoms with E-state index < -0.39 is 150 Å². The summed E-state index contributed by atoms with van der Waals surface area (Å²) in [5, 5.41) is 151. The molecule has 7 aliphatic rings. The van der Waals surface area contributed by atoms with E-state index in [4.69, 9.17) is 47.4 Å². The van der Waals surface area contributed by atoms with Gasteiger partial charge in [0, 0.05) is 61.4 Å². The Kier molecular flexibility index (Phi) is 42.5. The van der Waals surface area contributed by atoms with Crippen LogP contribution in [-0.4, -0.2) is 262 Å². The number of esters is 5. The first-order valence-electron chi connectivity index (χ1n) is 44.7. The minimum Gasteiger partial charge on any atom is -0.507 e. The van der Waals surface area contributed by atoms with Crippen LogP contribution in [0.5, 0.6) is 57.5 Å². The number of rotatable bonds is 8. The lowest BCUT2D eigenvalue weighted by molar-refractivity contribution is -0.128. The summed E-state index contributed by atoms with van der Waals surface area (Å²) in [6.07, 6.45) is 18.9. The molecule has 17 atom stereocenters. The number of phenols is 5. The number of hydrogen-bond donors (Lipinski definition) is 15. The molecule has 0 amide bonds. The second-order valence-corrected chi connectivity index (χ2v) is 32.8. The van der Waals surface area contributed by atoms with E-state index >= 15 is 0 Å². The van der Waals surface area contributed by atoms with Crippen molar-refractivity contribution in [3.8, 4) is 57.5 Å². The largest absolute Gasteiger partial charge is 0.507 e. The number of fused-ring (bicyclic) bond motifs is 7. The highest BCUT2D eigenvalue weighted by Gasteiger charge is 2.37. The number of hydrogen-bond acceptors (Lipinski definition) is 35. The number of aliphatic hydroxyl groups excluding tert-OH is 10. The average Bonchev–Trinajstić information content (AvgIpc) is 0.970. The van der Waals surface area contributed by atoms with Crippen LogP contribution in [0, 0.1) is 11.8 Å². The number of carbonyl (C=O) groups excluding carboxylic acids is 10. The van der Waals surface area contributed by atoms with Gasteiger partial charge in [0.15, 0.2) is 28.9 Å². The Morgan fingerprint density at radius 2 is 0.460 bits per heavy atom. The molecule has 2 fully saturated rings. The molecular weight excluding hydrogens is 1790 g/mol. The topological polar surface area (TPSA) is 566 Å². The first kappa shape index (κ1) is 109. The van der Waals surface area contributed by atoms with Crippen LogP contribution in [-0.2, 0) is 47.7 Å². The Morgan fingerprint density at radius 1 is 0.263 bits per heavy atom. The van der Waals surface area contributed by atoms with Crippen LogP contribution in [0.25, 0.3) is 30.4 Å². The Balaban J connectivity index is 0.000000210. The quantitative estimate of drug-likeness (QED) is 0.0507. The molecule has 12 rings (SSSR count).